The summed E-state index contributed by atoms with van der Waals surface area (Å²) in [4.78, 5) is 0. The maximum Gasteiger partial charge on any atom is 0.159 e. The van der Waals surface area contributed by atoms with Crippen molar-refractivity contribution in [2.75, 3.05) is 7.11 Å². The third-order valence-corrected chi connectivity index (χ3v) is 2.13. The van der Waals surface area contributed by atoms with Crippen molar-refractivity contribution in [1.82, 2.24) is 0 Å². The van der Waals surface area contributed by atoms with Gasteiger partial charge in [0.2, 0.25) is 0 Å². The predicted molar refractivity (Wildman–Crippen MR) is 41.9 cm³/mol. The Morgan fingerprint density at radius 3 is 2.55 bits per heavy atom. The Bertz CT molecular complexity index is 120. The SMILES string of the molecule is CO[C@H]1C[C@H](N)[C@@H](N)[C@@H](C)O1. The molecular weight excluding hydrogens is 144 g/mol. The highest BCUT2D eigenvalue weighted by Gasteiger charge is 2.31. The van der Waals surface area contributed by atoms with Crippen LogP contribution >= 0.6 is 0 Å². The highest BCUT2D eigenvalue weighted by Crippen LogP contribution is 2.17. The van der Waals surface area contributed by atoms with Gasteiger partial charge in [-0.05, 0) is 6.92 Å². The van der Waals surface area contributed by atoms with Crippen molar-refractivity contribution in [3.63, 3.8) is 0 Å². The Morgan fingerprint density at radius 1 is 1.45 bits per heavy atom. The van der Waals surface area contributed by atoms with Crippen LogP contribution in [0.4, 0.5) is 0 Å². The first-order valence-electron chi connectivity index (χ1n) is 3.84. The van der Waals surface area contributed by atoms with Crippen LogP contribution in [0.2, 0.25) is 0 Å². The second kappa shape index (κ2) is 3.49. The Labute approximate surface area is 66.8 Å². The van der Waals surface area contributed by atoms with Gasteiger partial charge in [-0.25, -0.2) is 0 Å². The fourth-order valence-electron chi connectivity index (χ4n) is 1.26. The van der Waals surface area contributed by atoms with Gasteiger partial charge < -0.3 is 20.9 Å². The summed E-state index contributed by atoms with van der Waals surface area (Å²) in [5.74, 6) is 0. The molecule has 66 valence electrons. The molecule has 1 fully saturated rings. The zero-order chi connectivity index (χ0) is 8.43. The number of rotatable bonds is 1. The van der Waals surface area contributed by atoms with Crippen LogP contribution in [0.25, 0.3) is 0 Å². The normalized spacial score (nSPS) is 45.8. The molecule has 0 aliphatic carbocycles. The molecule has 0 spiro atoms. The fraction of sp³-hybridized carbons (Fsp3) is 1.00. The third kappa shape index (κ3) is 1.90. The maximum absolute atomic E-state index is 5.75. The number of methoxy groups -OCH3 is 1. The smallest absolute Gasteiger partial charge is 0.159 e. The van der Waals surface area contributed by atoms with Crippen molar-refractivity contribution < 1.29 is 9.47 Å². The monoisotopic (exact) mass is 160 g/mol. The van der Waals surface area contributed by atoms with E-state index in [1.54, 1.807) is 7.11 Å². The lowest BCUT2D eigenvalue weighted by Gasteiger charge is -2.36. The minimum Gasteiger partial charge on any atom is -0.356 e. The average molecular weight is 160 g/mol. The summed E-state index contributed by atoms with van der Waals surface area (Å²) in [6.07, 6.45) is 0.491. The molecule has 1 heterocycles. The van der Waals surface area contributed by atoms with E-state index in [2.05, 4.69) is 0 Å². The lowest BCUT2D eigenvalue weighted by Crippen LogP contribution is -2.56. The third-order valence-electron chi connectivity index (χ3n) is 2.13. The van der Waals surface area contributed by atoms with Crippen LogP contribution in [0.3, 0.4) is 0 Å². The molecule has 1 saturated heterocycles. The van der Waals surface area contributed by atoms with Gasteiger partial charge in [-0.2, -0.15) is 0 Å². The van der Waals surface area contributed by atoms with Gasteiger partial charge in [-0.3, -0.25) is 0 Å². The Balaban J connectivity index is 2.47. The first-order valence-corrected chi connectivity index (χ1v) is 3.84. The Kier molecular flexibility index (Phi) is 2.84. The molecule has 0 bridgehead atoms. The van der Waals surface area contributed by atoms with Crippen molar-refractivity contribution in [2.45, 2.75) is 37.8 Å². The second-order valence-electron chi connectivity index (χ2n) is 2.98. The molecule has 1 aliphatic rings. The standard InChI is InChI=1S/C7H16N2O2/c1-4-7(9)5(8)3-6(10-2)11-4/h4-7H,3,8-9H2,1-2H3/t4-,5+,6-,7+/m1/s1. The van der Waals surface area contributed by atoms with Crippen LogP contribution in [0, 0.1) is 0 Å². The van der Waals surface area contributed by atoms with Gasteiger partial charge in [-0.1, -0.05) is 0 Å². The summed E-state index contributed by atoms with van der Waals surface area (Å²) < 4.78 is 10.4. The minimum atomic E-state index is -0.181. The van der Waals surface area contributed by atoms with Crippen LogP contribution in [0.1, 0.15) is 13.3 Å². The molecule has 4 N–H and O–H groups in total. The van der Waals surface area contributed by atoms with E-state index in [-0.39, 0.29) is 24.5 Å². The highest BCUT2D eigenvalue weighted by atomic mass is 16.7. The first kappa shape index (κ1) is 8.93. The van der Waals surface area contributed by atoms with E-state index < -0.39 is 0 Å². The van der Waals surface area contributed by atoms with Crippen molar-refractivity contribution >= 4 is 0 Å². The van der Waals surface area contributed by atoms with Gasteiger partial charge in [0.15, 0.2) is 6.29 Å². The molecule has 0 radical (unpaired) electrons. The lowest BCUT2D eigenvalue weighted by atomic mass is 9.99. The van der Waals surface area contributed by atoms with Crippen LogP contribution in [-0.2, 0) is 9.47 Å². The van der Waals surface area contributed by atoms with Gasteiger partial charge >= 0.3 is 0 Å². The van der Waals surface area contributed by atoms with Gasteiger partial charge in [0.25, 0.3) is 0 Å². The van der Waals surface area contributed by atoms with Gasteiger partial charge in [0.1, 0.15) is 0 Å². The van der Waals surface area contributed by atoms with E-state index in [1.807, 2.05) is 6.92 Å². The second-order valence-corrected chi connectivity index (χ2v) is 2.98. The molecule has 0 unspecified atom stereocenters. The van der Waals surface area contributed by atoms with E-state index in [0.717, 1.165) is 0 Å². The topological polar surface area (TPSA) is 70.5 Å². The molecule has 0 saturated carbocycles. The number of hydrogen-bond acceptors (Lipinski definition) is 4. The summed E-state index contributed by atoms with van der Waals surface area (Å²) in [7, 11) is 1.61. The first-order chi connectivity index (χ1) is 5.15. The molecule has 4 atom stereocenters. The molecule has 0 aromatic carbocycles. The van der Waals surface area contributed by atoms with E-state index in [1.165, 1.54) is 0 Å². The van der Waals surface area contributed by atoms with Crippen molar-refractivity contribution in [2.24, 2.45) is 11.5 Å². The molecule has 1 aliphatic heterocycles. The Hall–Kier alpha value is -0.160. The molecule has 0 aromatic heterocycles. The zero-order valence-electron chi connectivity index (χ0n) is 6.99. The van der Waals surface area contributed by atoms with E-state index in [9.17, 15) is 0 Å². The summed E-state index contributed by atoms with van der Waals surface area (Å²) >= 11 is 0. The predicted octanol–water partition coefficient (Wildman–Crippen LogP) is -0.578. The van der Waals surface area contributed by atoms with E-state index in [4.69, 9.17) is 20.9 Å². The summed E-state index contributed by atoms with van der Waals surface area (Å²) in [5.41, 5.74) is 11.5. The van der Waals surface area contributed by atoms with Gasteiger partial charge in [0.05, 0.1) is 6.10 Å². The molecule has 4 heteroatoms. The summed E-state index contributed by atoms with van der Waals surface area (Å²) in [5, 5.41) is 0. The average Bonchev–Trinajstić information content (AvgIpc) is 1.99. The molecule has 11 heavy (non-hydrogen) atoms. The van der Waals surface area contributed by atoms with Crippen LogP contribution in [0.15, 0.2) is 0 Å². The van der Waals surface area contributed by atoms with Crippen molar-refractivity contribution in [3.05, 3.63) is 0 Å². The van der Waals surface area contributed by atoms with Crippen molar-refractivity contribution in [1.29, 1.82) is 0 Å². The van der Waals surface area contributed by atoms with Crippen molar-refractivity contribution in [3.8, 4) is 0 Å². The highest BCUT2D eigenvalue weighted by molar-refractivity contribution is 4.86. The largest absolute Gasteiger partial charge is 0.356 e. The number of ether oxygens (including phenoxy) is 2. The number of nitrogens with two attached hydrogens (primary N) is 2. The van der Waals surface area contributed by atoms with E-state index in [0.29, 0.717) is 6.42 Å². The molecule has 0 aromatic rings. The van der Waals surface area contributed by atoms with Crippen LogP contribution in [-0.4, -0.2) is 31.6 Å². The van der Waals surface area contributed by atoms with Gasteiger partial charge in [-0.15, -0.1) is 0 Å². The van der Waals surface area contributed by atoms with E-state index >= 15 is 0 Å². The molecule has 0 amide bonds. The van der Waals surface area contributed by atoms with Crippen LogP contribution < -0.4 is 11.5 Å². The fourth-order valence-corrected chi connectivity index (χ4v) is 1.26. The quantitative estimate of drug-likeness (QED) is 0.538. The summed E-state index contributed by atoms with van der Waals surface area (Å²) in [6.45, 7) is 1.91. The van der Waals surface area contributed by atoms with Crippen LogP contribution in [0.5, 0.6) is 0 Å². The minimum absolute atomic E-state index is 0.0105. The molecule has 4 nitrogen and oxygen atoms in total. The lowest BCUT2D eigenvalue weighted by molar-refractivity contribution is -0.184. The Morgan fingerprint density at radius 2 is 2.09 bits per heavy atom. The molecular formula is C7H16N2O2. The summed E-state index contributed by atoms with van der Waals surface area (Å²) in [6, 6.07) is -0.0786. The number of hydrogen-bond donors (Lipinski definition) is 2. The molecule has 1 rings (SSSR count). The van der Waals surface area contributed by atoms with Gasteiger partial charge in [0, 0.05) is 25.6 Å². The zero-order valence-corrected chi connectivity index (χ0v) is 6.99. The maximum atomic E-state index is 5.75.